The van der Waals surface area contributed by atoms with Crippen molar-refractivity contribution in [3.8, 4) is 5.75 Å². The largest absolute Gasteiger partial charge is 0.497 e. The zero-order valence-corrected chi connectivity index (χ0v) is 17.7. The molecule has 1 aromatic heterocycles. The first-order chi connectivity index (χ1) is 14.9. The van der Waals surface area contributed by atoms with Gasteiger partial charge in [-0.2, -0.15) is 0 Å². The molecule has 0 saturated heterocycles. The summed E-state index contributed by atoms with van der Waals surface area (Å²) in [5, 5.41) is 0. The summed E-state index contributed by atoms with van der Waals surface area (Å²) < 4.78 is 46.4. The summed E-state index contributed by atoms with van der Waals surface area (Å²) in [5.41, 5.74) is 0.951. The normalized spacial score (nSPS) is 13.6. The maximum absolute atomic E-state index is 13.8. The highest BCUT2D eigenvalue weighted by molar-refractivity contribution is 7.92. The monoisotopic (exact) mass is 443 g/mol. The van der Waals surface area contributed by atoms with Crippen molar-refractivity contribution in [3.63, 3.8) is 0 Å². The molecule has 0 radical (unpaired) electrons. The van der Waals surface area contributed by atoms with Gasteiger partial charge < -0.3 is 14.6 Å². The lowest BCUT2D eigenvalue weighted by Crippen LogP contribution is -2.32. The first-order valence-electron chi connectivity index (χ1n) is 9.77. The molecule has 7 nitrogen and oxygen atoms in total. The number of carbonyl (C=O) groups excluding carboxylic acids is 1. The molecule has 4 rings (SSSR count). The Morgan fingerprint density at radius 2 is 1.90 bits per heavy atom. The van der Waals surface area contributed by atoms with Gasteiger partial charge in [0.15, 0.2) is 0 Å². The Morgan fingerprint density at radius 1 is 1.19 bits per heavy atom. The Labute approximate surface area is 179 Å². The summed E-state index contributed by atoms with van der Waals surface area (Å²) in [4.78, 5) is 17.4. The van der Waals surface area contributed by atoms with Crippen LogP contribution in [0.5, 0.6) is 5.75 Å². The second kappa shape index (κ2) is 8.43. The van der Waals surface area contributed by atoms with Gasteiger partial charge in [-0.05, 0) is 48.7 Å². The molecule has 1 heterocycles. The van der Waals surface area contributed by atoms with Crippen molar-refractivity contribution in [3.05, 3.63) is 77.9 Å². The number of nitrogens with one attached hydrogen (secondary N) is 2. The van der Waals surface area contributed by atoms with Crippen LogP contribution in [-0.4, -0.2) is 37.4 Å². The number of benzene rings is 2. The second-order valence-corrected chi connectivity index (χ2v) is 9.03. The molecular formula is C22H22FN3O4S. The van der Waals surface area contributed by atoms with Crippen LogP contribution in [0.15, 0.2) is 65.7 Å². The van der Waals surface area contributed by atoms with E-state index < -0.39 is 15.8 Å². The molecule has 2 N–H and O–H groups in total. The second-order valence-electron chi connectivity index (χ2n) is 7.35. The molecule has 0 unspecified atom stereocenters. The van der Waals surface area contributed by atoms with Crippen LogP contribution in [0, 0.1) is 5.82 Å². The Morgan fingerprint density at radius 3 is 2.55 bits per heavy atom. The number of amides is 1. The number of hydrogen-bond donors (Lipinski definition) is 2. The average Bonchev–Trinajstić information content (AvgIpc) is 3.47. The number of para-hydroxylation sites is 1. The smallest absolute Gasteiger partial charge is 0.270 e. The molecule has 1 aliphatic carbocycles. The van der Waals surface area contributed by atoms with E-state index in [1.165, 1.54) is 30.5 Å². The quantitative estimate of drug-likeness (QED) is 0.555. The third kappa shape index (κ3) is 4.72. The Hall–Kier alpha value is -3.33. The Bertz CT molecular complexity index is 1190. The number of aromatic amines is 1. The summed E-state index contributed by atoms with van der Waals surface area (Å²) in [5.74, 6) is -0.238. The van der Waals surface area contributed by atoms with Crippen molar-refractivity contribution >= 4 is 21.6 Å². The third-order valence-corrected chi connectivity index (χ3v) is 6.42. The van der Waals surface area contributed by atoms with Gasteiger partial charge >= 0.3 is 0 Å². The van der Waals surface area contributed by atoms with Gasteiger partial charge in [-0.3, -0.25) is 9.52 Å². The molecule has 1 fully saturated rings. The number of ether oxygens (including phenoxy) is 1. The van der Waals surface area contributed by atoms with Crippen molar-refractivity contribution in [2.45, 2.75) is 30.3 Å². The van der Waals surface area contributed by atoms with Crippen LogP contribution in [-0.2, 0) is 16.6 Å². The fourth-order valence-electron chi connectivity index (χ4n) is 3.24. The number of hydrogen-bond acceptors (Lipinski definition) is 4. The van der Waals surface area contributed by atoms with E-state index in [0.717, 1.165) is 30.2 Å². The lowest BCUT2D eigenvalue weighted by Gasteiger charge is -2.22. The number of sulfonamides is 1. The summed E-state index contributed by atoms with van der Waals surface area (Å²) in [6, 6.07) is 14.3. The molecule has 1 saturated carbocycles. The molecule has 2 aromatic carbocycles. The number of methoxy groups -OCH3 is 1. The van der Waals surface area contributed by atoms with E-state index in [1.54, 1.807) is 12.0 Å². The summed E-state index contributed by atoms with van der Waals surface area (Å²) in [6.07, 6.45) is 3.04. The van der Waals surface area contributed by atoms with Crippen molar-refractivity contribution < 1.29 is 22.3 Å². The Kier molecular flexibility index (Phi) is 5.69. The van der Waals surface area contributed by atoms with E-state index in [0.29, 0.717) is 6.54 Å². The SMILES string of the molecule is COc1ccc(CN(C(=O)c2cc(S(=O)(=O)Nc3ccccc3F)c[nH]2)C2CC2)cc1. The number of H-pyrrole nitrogens is 1. The molecule has 0 bridgehead atoms. The van der Waals surface area contributed by atoms with E-state index in [1.807, 2.05) is 24.3 Å². The van der Waals surface area contributed by atoms with Gasteiger partial charge in [-0.15, -0.1) is 0 Å². The van der Waals surface area contributed by atoms with Gasteiger partial charge in [0.05, 0.1) is 12.8 Å². The van der Waals surface area contributed by atoms with Crippen molar-refractivity contribution in [1.29, 1.82) is 0 Å². The minimum Gasteiger partial charge on any atom is -0.497 e. The van der Waals surface area contributed by atoms with Gasteiger partial charge in [0, 0.05) is 18.8 Å². The predicted octanol–water partition coefficient (Wildman–Crippen LogP) is 3.77. The first kappa shape index (κ1) is 20.9. The predicted molar refractivity (Wildman–Crippen MR) is 114 cm³/mol. The van der Waals surface area contributed by atoms with Crippen LogP contribution in [0.3, 0.4) is 0 Å². The van der Waals surface area contributed by atoms with Crippen LogP contribution in [0.25, 0.3) is 0 Å². The molecule has 0 spiro atoms. The fourth-order valence-corrected chi connectivity index (χ4v) is 4.30. The fraction of sp³-hybridized carbons (Fsp3) is 0.227. The van der Waals surface area contributed by atoms with Crippen molar-refractivity contribution in [1.82, 2.24) is 9.88 Å². The molecule has 1 amide bonds. The molecular weight excluding hydrogens is 421 g/mol. The number of aromatic nitrogens is 1. The van der Waals surface area contributed by atoms with Gasteiger partial charge in [0.2, 0.25) is 0 Å². The summed E-state index contributed by atoms with van der Waals surface area (Å²) in [7, 11) is -2.46. The number of nitrogens with zero attached hydrogens (tertiary/aromatic N) is 1. The molecule has 3 aromatic rings. The maximum atomic E-state index is 13.8. The van der Waals surface area contributed by atoms with E-state index in [4.69, 9.17) is 4.74 Å². The third-order valence-electron chi connectivity index (χ3n) is 5.08. The van der Waals surface area contributed by atoms with Crippen LogP contribution < -0.4 is 9.46 Å². The highest BCUT2D eigenvalue weighted by atomic mass is 32.2. The van der Waals surface area contributed by atoms with Crippen molar-refractivity contribution in [2.75, 3.05) is 11.8 Å². The zero-order valence-electron chi connectivity index (χ0n) is 16.8. The number of carbonyl (C=O) groups is 1. The topological polar surface area (TPSA) is 91.5 Å². The van der Waals surface area contributed by atoms with Crippen molar-refractivity contribution in [2.24, 2.45) is 0 Å². The standard InChI is InChI=1S/C22H22FN3O4S/c1-30-17-10-6-15(7-11-17)14-26(16-8-9-16)22(27)21-12-18(13-24-21)31(28,29)25-20-5-3-2-4-19(20)23/h2-7,10-13,16,24-25H,8-9,14H2,1H3. The number of halogens is 1. The van der Waals surface area contributed by atoms with E-state index >= 15 is 0 Å². The molecule has 9 heteroatoms. The van der Waals surface area contributed by atoms with E-state index in [-0.39, 0.29) is 28.2 Å². The van der Waals surface area contributed by atoms with Crippen LogP contribution in [0.2, 0.25) is 0 Å². The maximum Gasteiger partial charge on any atom is 0.270 e. The van der Waals surface area contributed by atoms with Crippen LogP contribution >= 0.6 is 0 Å². The van der Waals surface area contributed by atoms with Crippen LogP contribution in [0.1, 0.15) is 28.9 Å². The molecule has 0 aliphatic heterocycles. The number of rotatable bonds is 8. The minimum atomic E-state index is -4.05. The van der Waals surface area contributed by atoms with Crippen LogP contribution in [0.4, 0.5) is 10.1 Å². The molecule has 31 heavy (non-hydrogen) atoms. The number of anilines is 1. The summed E-state index contributed by atoms with van der Waals surface area (Å²) >= 11 is 0. The lowest BCUT2D eigenvalue weighted by atomic mass is 10.2. The van der Waals surface area contributed by atoms with E-state index in [2.05, 4.69) is 9.71 Å². The summed E-state index contributed by atoms with van der Waals surface area (Å²) in [6.45, 7) is 0.405. The van der Waals surface area contributed by atoms with Gasteiger partial charge in [-0.25, -0.2) is 12.8 Å². The average molecular weight is 444 g/mol. The van der Waals surface area contributed by atoms with Gasteiger partial charge in [0.1, 0.15) is 22.2 Å². The van der Waals surface area contributed by atoms with Gasteiger partial charge in [0.25, 0.3) is 15.9 Å². The molecule has 162 valence electrons. The minimum absolute atomic E-state index is 0.120. The lowest BCUT2D eigenvalue weighted by molar-refractivity contribution is 0.0724. The molecule has 0 atom stereocenters. The highest BCUT2D eigenvalue weighted by Gasteiger charge is 2.34. The Balaban J connectivity index is 1.52. The molecule has 1 aliphatic rings. The zero-order chi connectivity index (χ0) is 22.0. The van der Waals surface area contributed by atoms with Gasteiger partial charge in [-0.1, -0.05) is 24.3 Å². The highest BCUT2D eigenvalue weighted by Crippen LogP contribution is 2.30. The van der Waals surface area contributed by atoms with E-state index in [9.17, 15) is 17.6 Å². The first-order valence-corrected chi connectivity index (χ1v) is 11.3.